The minimum atomic E-state index is -0.876. The van der Waals surface area contributed by atoms with E-state index >= 15 is 0 Å². The Labute approximate surface area is 206 Å². The first-order chi connectivity index (χ1) is 16.4. The normalized spacial score (nSPS) is 19.3. The predicted molar refractivity (Wildman–Crippen MR) is 129 cm³/mol. The number of aliphatic hydroxyl groups excluding tert-OH is 1. The van der Waals surface area contributed by atoms with Gasteiger partial charge in [-0.05, 0) is 50.8 Å². The zero-order chi connectivity index (χ0) is 24.0. The quantitative estimate of drug-likeness (QED) is 0.323. The van der Waals surface area contributed by atoms with Gasteiger partial charge in [-0.15, -0.1) is 0 Å². The topological polar surface area (TPSA) is 90.5 Å². The van der Waals surface area contributed by atoms with Gasteiger partial charge in [-0.2, -0.15) is 10.4 Å². The molecular weight excluding hydrogens is 476 g/mol. The lowest BCUT2D eigenvalue weighted by Gasteiger charge is -2.26. The molecule has 1 atom stereocenters. The van der Waals surface area contributed by atoms with E-state index < -0.39 is 11.7 Å². The third-order valence-electron chi connectivity index (χ3n) is 6.74. The first-order valence-electron chi connectivity index (χ1n) is 11.1. The van der Waals surface area contributed by atoms with Gasteiger partial charge in [0.15, 0.2) is 0 Å². The number of aromatic amines is 1. The summed E-state index contributed by atoms with van der Waals surface area (Å²) in [7, 11) is 0. The van der Waals surface area contributed by atoms with E-state index in [1.165, 1.54) is 12.1 Å². The molecule has 5 rings (SSSR count). The Kier molecular flexibility index (Phi) is 6.07. The fraction of sp³-hybridized carbons (Fsp3) is 0.320. The van der Waals surface area contributed by atoms with E-state index in [-0.39, 0.29) is 27.8 Å². The van der Waals surface area contributed by atoms with E-state index in [1.54, 1.807) is 12.4 Å². The maximum Gasteiger partial charge on any atom is 0.142 e. The summed E-state index contributed by atoms with van der Waals surface area (Å²) >= 11 is 12.5. The third kappa shape index (κ3) is 3.86. The van der Waals surface area contributed by atoms with Crippen LogP contribution in [0.25, 0.3) is 22.2 Å². The minimum absolute atomic E-state index is 0.160. The largest absolute Gasteiger partial charge is 0.393 e. The molecule has 0 amide bonds. The molecule has 9 heteroatoms. The van der Waals surface area contributed by atoms with Crippen LogP contribution in [-0.2, 0) is 0 Å². The fourth-order valence-electron chi connectivity index (χ4n) is 4.88. The molecule has 0 radical (unpaired) electrons. The number of halogens is 3. The van der Waals surface area contributed by atoms with Crippen LogP contribution in [0.2, 0.25) is 10.0 Å². The highest BCUT2D eigenvalue weighted by molar-refractivity contribution is 6.36. The lowest BCUT2D eigenvalue weighted by atomic mass is 9.91. The molecule has 174 valence electrons. The van der Waals surface area contributed by atoms with Crippen molar-refractivity contribution in [3.8, 4) is 17.2 Å². The smallest absolute Gasteiger partial charge is 0.142 e. The Bertz CT molecular complexity index is 1410. The molecular formula is C25H22Cl2FN5O. The van der Waals surface area contributed by atoms with E-state index in [9.17, 15) is 14.8 Å². The van der Waals surface area contributed by atoms with Crippen LogP contribution in [0.15, 0.2) is 36.8 Å². The van der Waals surface area contributed by atoms with Gasteiger partial charge in [0, 0.05) is 50.8 Å². The molecule has 1 aliphatic rings. The lowest BCUT2D eigenvalue weighted by molar-refractivity contribution is 0.107. The minimum Gasteiger partial charge on any atom is -0.393 e. The van der Waals surface area contributed by atoms with Crippen LogP contribution in [0.5, 0.6) is 0 Å². The molecule has 1 aromatic carbocycles. The van der Waals surface area contributed by atoms with Crippen LogP contribution in [-0.4, -0.2) is 31.0 Å². The number of fused-ring (bicyclic) bond motifs is 1. The number of rotatable bonds is 4. The number of hydrogen-bond donors (Lipinski definition) is 2. The second-order valence-electron chi connectivity index (χ2n) is 8.73. The van der Waals surface area contributed by atoms with Gasteiger partial charge in [-0.1, -0.05) is 23.2 Å². The zero-order valence-electron chi connectivity index (χ0n) is 18.4. The highest BCUT2D eigenvalue weighted by Gasteiger charge is 2.26. The van der Waals surface area contributed by atoms with Crippen molar-refractivity contribution >= 4 is 34.2 Å². The number of aliphatic hydroxyl groups is 1. The predicted octanol–water partition coefficient (Wildman–Crippen LogP) is 6.31. The van der Waals surface area contributed by atoms with Gasteiger partial charge in [0.1, 0.15) is 17.4 Å². The van der Waals surface area contributed by atoms with Gasteiger partial charge >= 0.3 is 0 Å². The van der Waals surface area contributed by atoms with Crippen LogP contribution in [0.3, 0.4) is 0 Å². The molecule has 34 heavy (non-hydrogen) atoms. The monoisotopic (exact) mass is 497 g/mol. The van der Waals surface area contributed by atoms with Crippen LogP contribution < -0.4 is 0 Å². The molecule has 0 spiro atoms. The van der Waals surface area contributed by atoms with Crippen molar-refractivity contribution in [3.63, 3.8) is 0 Å². The molecule has 1 aliphatic carbocycles. The number of nitriles is 1. The molecule has 6 nitrogen and oxygen atoms in total. The second kappa shape index (κ2) is 9.03. The first kappa shape index (κ1) is 22.9. The summed E-state index contributed by atoms with van der Waals surface area (Å²) in [5, 5.41) is 25.3. The number of H-pyrrole nitrogens is 1. The summed E-state index contributed by atoms with van der Waals surface area (Å²) in [4.78, 5) is 7.64. The maximum absolute atomic E-state index is 14.2. The molecule has 2 N–H and O–H groups in total. The summed E-state index contributed by atoms with van der Waals surface area (Å²) < 4.78 is 16.2. The van der Waals surface area contributed by atoms with Gasteiger partial charge < -0.3 is 10.1 Å². The zero-order valence-corrected chi connectivity index (χ0v) is 19.9. The van der Waals surface area contributed by atoms with E-state index in [1.807, 2.05) is 23.9 Å². The Morgan fingerprint density at radius 3 is 2.74 bits per heavy atom. The third-order valence-corrected chi connectivity index (χ3v) is 7.45. The summed E-state index contributed by atoms with van der Waals surface area (Å²) in [6.07, 6.45) is 8.40. The summed E-state index contributed by atoms with van der Waals surface area (Å²) in [6.45, 7) is 2.03. The van der Waals surface area contributed by atoms with Crippen LogP contribution in [0.4, 0.5) is 4.39 Å². The van der Waals surface area contributed by atoms with Gasteiger partial charge in [-0.25, -0.2) is 9.37 Å². The van der Waals surface area contributed by atoms with Crippen molar-refractivity contribution < 1.29 is 9.50 Å². The Hall–Kier alpha value is -2.92. The van der Waals surface area contributed by atoms with E-state index in [0.717, 1.165) is 47.9 Å². The van der Waals surface area contributed by atoms with Gasteiger partial charge in [0.2, 0.25) is 0 Å². The Balaban J connectivity index is 1.56. The van der Waals surface area contributed by atoms with Crippen molar-refractivity contribution in [2.75, 3.05) is 0 Å². The number of aromatic nitrogens is 4. The van der Waals surface area contributed by atoms with E-state index in [0.29, 0.717) is 11.2 Å². The second-order valence-corrected chi connectivity index (χ2v) is 9.52. The van der Waals surface area contributed by atoms with Crippen LogP contribution >= 0.6 is 23.2 Å². The SMILES string of the molecule is Cc1c(-c2cnc3[nH]cc(C(C#N)c4c(Cl)ccc(F)c4Cl)c3c2)cnn1C1CCC(O)CC1. The van der Waals surface area contributed by atoms with Crippen molar-refractivity contribution in [2.45, 2.75) is 50.7 Å². The average Bonchev–Trinajstić information content (AvgIpc) is 3.43. The summed E-state index contributed by atoms with van der Waals surface area (Å²) in [5.74, 6) is -1.50. The molecule has 0 aliphatic heterocycles. The number of pyridine rings is 1. The Morgan fingerprint density at radius 2 is 2.00 bits per heavy atom. The van der Waals surface area contributed by atoms with Gasteiger partial charge in [0.25, 0.3) is 0 Å². The van der Waals surface area contributed by atoms with Crippen molar-refractivity contribution in [3.05, 3.63) is 69.5 Å². The average molecular weight is 498 g/mol. The number of benzene rings is 1. The molecule has 1 saturated carbocycles. The molecule has 0 bridgehead atoms. The van der Waals surface area contributed by atoms with E-state index in [2.05, 4.69) is 21.1 Å². The highest BCUT2D eigenvalue weighted by atomic mass is 35.5. The fourth-order valence-corrected chi connectivity index (χ4v) is 5.47. The molecule has 1 fully saturated rings. The maximum atomic E-state index is 14.2. The van der Waals surface area contributed by atoms with E-state index in [4.69, 9.17) is 23.2 Å². The summed E-state index contributed by atoms with van der Waals surface area (Å²) in [5.41, 5.74) is 4.29. The molecule has 1 unspecified atom stereocenters. The van der Waals surface area contributed by atoms with Gasteiger partial charge in [-0.3, -0.25) is 4.68 Å². The molecule has 0 saturated heterocycles. The van der Waals surface area contributed by atoms with Crippen LogP contribution in [0, 0.1) is 24.1 Å². The van der Waals surface area contributed by atoms with Crippen molar-refractivity contribution in [1.29, 1.82) is 5.26 Å². The Morgan fingerprint density at radius 1 is 1.24 bits per heavy atom. The van der Waals surface area contributed by atoms with Gasteiger partial charge in [0.05, 0.1) is 29.4 Å². The van der Waals surface area contributed by atoms with Crippen LogP contribution in [0.1, 0.15) is 54.5 Å². The van der Waals surface area contributed by atoms with Crippen molar-refractivity contribution in [2.24, 2.45) is 0 Å². The number of nitrogens with one attached hydrogen (secondary N) is 1. The number of hydrogen-bond acceptors (Lipinski definition) is 4. The molecule has 3 heterocycles. The first-order valence-corrected chi connectivity index (χ1v) is 11.9. The van der Waals surface area contributed by atoms with Crippen molar-refractivity contribution in [1.82, 2.24) is 19.7 Å². The lowest BCUT2D eigenvalue weighted by Crippen LogP contribution is -2.22. The molecule has 4 aromatic rings. The molecule has 3 aromatic heterocycles. The standard InChI is InChI=1S/C25H22Cl2FN5O/c1-13-19(12-32-33(13)15-2-4-16(34)5-3-15)14-8-17-20(11-31-25(17)30-10-14)18(9-29)23-21(26)6-7-22(28)24(23)27/h6-8,10-12,15-16,18,34H,2-5H2,1H3,(H,30,31). The number of nitrogens with zero attached hydrogens (tertiary/aromatic N) is 4. The highest BCUT2D eigenvalue weighted by Crippen LogP contribution is 2.40. The summed E-state index contributed by atoms with van der Waals surface area (Å²) in [6, 6.07) is 7.03.